The zero-order valence-electron chi connectivity index (χ0n) is 11.7. The molecule has 0 amide bonds. The molecule has 4 heteroatoms. The highest BCUT2D eigenvalue weighted by Crippen LogP contribution is 2.25. The van der Waals surface area contributed by atoms with Gasteiger partial charge >= 0.3 is 5.97 Å². The number of nitrogens with one attached hydrogen (secondary N) is 1. The Morgan fingerprint density at radius 2 is 2.28 bits per heavy atom. The van der Waals surface area contributed by atoms with Gasteiger partial charge in [-0.25, -0.2) is 0 Å². The van der Waals surface area contributed by atoms with E-state index in [1.54, 1.807) is 0 Å². The fourth-order valence-electron chi connectivity index (χ4n) is 3.25. The summed E-state index contributed by atoms with van der Waals surface area (Å²) in [6, 6.07) is 0.580. The SMILES string of the molecule is CCOC(=O)C(C)N1CCCC(C2CCCN2)C1. The number of hydrogen-bond donors (Lipinski definition) is 1. The van der Waals surface area contributed by atoms with Crippen molar-refractivity contribution in [2.75, 3.05) is 26.2 Å². The summed E-state index contributed by atoms with van der Waals surface area (Å²) in [5, 5.41) is 3.60. The first-order valence-electron chi connectivity index (χ1n) is 7.36. The smallest absolute Gasteiger partial charge is 0.323 e. The summed E-state index contributed by atoms with van der Waals surface area (Å²) in [6.45, 7) is 7.55. The van der Waals surface area contributed by atoms with Crippen LogP contribution in [0.2, 0.25) is 0 Å². The summed E-state index contributed by atoms with van der Waals surface area (Å²) in [6.07, 6.45) is 5.09. The van der Waals surface area contributed by atoms with E-state index in [4.69, 9.17) is 4.74 Å². The Labute approximate surface area is 110 Å². The van der Waals surface area contributed by atoms with E-state index >= 15 is 0 Å². The number of hydrogen-bond acceptors (Lipinski definition) is 4. The van der Waals surface area contributed by atoms with Gasteiger partial charge in [-0.1, -0.05) is 0 Å². The average Bonchev–Trinajstić information content (AvgIpc) is 2.92. The van der Waals surface area contributed by atoms with Crippen LogP contribution in [-0.4, -0.2) is 49.2 Å². The Hall–Kier alpha value is -0.610. The molecule has 0 bridgehead atoms. The van der Waals surface area contributed by atoms with Crippen LogP contribution in [0.3, 0.4) is 0 Å². The Morgan fingerprint density at radius 1 is 1.44 bits per heavy atom. The molecular formula is C14H26N2O2. The summed E-state index contributed by atoms with van der Waals surface area (Å²) >= 11 is 0. The van der Waals surface area contributed by atoms with Gasteiger partial charge in [-0.3, -0.25) is 9.69 Å². The molecule has 4 nitrogen and oxygen atoms in total. The van der Waals surface area contributed by atoms with Gasteiger partial charge in [0.1, 0.15) is 6.04 Å². The molecule has 2 fully saturated rings. The first-order chi connectivity index (χ1) is 8.72. The van der Waals surface area contributed by atoms with Crippen LogP contribution in [0, 0.1) is 5.92 Å². The average molecular weight is 254 g/mol. The lowest BCUT2D eigenvalue weighted by Crippen LogP contribution is -2.49. The monoisotopic (exact) mass is 254 g/mol. The molecule has 0 aromatic rings. The van der Waals surface area contributed by atoms with Crippen LogP contribution in [0.1, 0.15) is 39.5 Å². The third-order valence-electron chi connectivity index (χ3n) is 4.33. The molecule has 0 aromatic carbocycles. The summed E-state index contributed by atoms with van der Waals surface area (Å²) < 4.78 is 5.12. The van der Waals surface area contributed by atoms with Crippen LogP contribution in [-0.2, 0) is 9.53 Å². The van der Waals surface area contributed by atoms with E-state index in [0.29, 0.717) is 18.6 Å². The van der Waals surface area contributed by atoms with Gasteiger partial charge in [0.15, 0.2) is 0 Å². The molecule has 0 aliphatic carbocycles. The Balaban J connectivity index is 1.87. The number of carbonyl (C=O) groups excluding carboxylic acids is 1. The van der Waals surface area contributed by atoms with Crippen molar-refractivity contribution in [2.45, 2.75) is 51.6 Å². The molecule has 0 saturated carbocycles. The second-order valence-electron chi connectivity index (χ2n) is 5.53. The fraction of sp³-hybridized carbons (Fsp3) is 0.929. The van der Waals surface area contributed by atoms with Gasteiger partial charge in [-0.2, -0.15) is 0 Å². The van der Waals surface area contributed by atoms with Crippen LogP contribution in [0.5, 0.6) is 0 Å². The minimum atomic E-state index is -0.0887. The van der Waals surface area contributed by atoms with Crippen molar-refractivity contribution in [3.8, 4) is 0 Å². The number of ether oxygens (including phenoxy) is 1. The molecule has 2 saturated heterocycles. The minimum absolute atomic E-state index is 0.0717. The summed E-state index contributed by atoms with van der Waals surface area (Å²) in [5.74, 6) is 0.635. The van der Waals surface area contributed by atoms with Crippen LogP contribution >= 0.6 is 0 Å². The molecule has 2 aliphatic heterocycles. The molecular weight excluding hydrogens is 228 g/mol. The highest BCUT2D eigenvalue weighted by molar-refractivity contribution is 5.75. The Kier molecular flexibility index (Phi) is 5.01. The van der Waals surface area contributed by atoms with Gasteiger partial charge in [0.2, 0.25) is 0 Å². The lowest BCUT2D eigenvalue weighted by atomic mass is 9.89. The normalized spacial score (nSPS) is 31.2. The van der Waals surface area contributed by atoms with E-state index in [0.717, 1.165) is 19.6 Å². The first kappa shape index (κ1) is 13.8. The minimum Gasteiger partial charge on any atom is -0.465 e. The van der Waals surface area contributed by atoms with Crippen molar-refractivity contribution in [3.05, 3.63) is 0 Å². The number of likely N-dealkylation sites (tertiary alicyclic amines) is 1. The lowest BCUT2D eigenvalue weighted by molar-refractivity contribution is -0.149. The predicted molar refractivity (Wildman–Crippen MR) is 71.4 cm³/mol. The highest BCUT2D eigenvalue weighted by atomic mass is 16.5. The maximum atomic E-state index is 11.8. The third kappa shape index (κ3) is 3.23. The second kappa shape index (κ2) is 6.53. The highest BCUT2D eigenvalue weighted by Gasteiger charge is 2.32. The van der Waals surface area contributed by atoms with Crippen molar-refractivity contribution in [2.24, 2.45) is 5.92 Å². The Morgan fingerprint density at radius 3 is 2.94 bits per heavy atom. The zero-order chi connectivity index (χ0) is 13.0. The maximum Gasteiger partial charge on any atom is 0.323 e. The molecule has 0 spiro atoms. The summed E-state index contributed by atoms with van der Waals surface area (Å²) in [7, 11) is 0. The van der Waals surface area contributed by atoms with Crippen LogP contribution in [0.25, 0.3) is 0 Å². The molecule has 18 heavy (non-hydrogen) atoms. The quantitative estimate of drug-likeness (QED) is 0.770. The van der Waals surface area contributed by atoms with E-state index in [-0.39, 0.29) is 12.0 Å². The van der Waals surface area contributed by atoms with Crippen LogP contribution in [0.4, 0.5) is 0 Å². The standard InChI is InChI=1S/C14H26N2O2/c1-3-18-14(17)11(2)16-9-5-6-12(10-16)13-7-4-8-15-13/h11-13,15H,3-10H2,1-2H3. The van der Waals surface area contributed by atoms with Crippen molar-refractivity contribution in [1.29, 1.82) is 0 Å². The molecule has 3 unspecified atom stereocenters. The van der Waals surface area contributed by atoms with E-state index in [1.807, 2.05) is 13.8 Å². The maximum absolute atomic E-state index is 11.8. The van der Waals surface area contributed by atoms with Gasteiger partial charge in [-0.15, -0.1) is 0 Å². The number of rotatable bonds is 4. The van der Waals surface area contributed by atoms with Gasteiger partial charge in [-0.05, 0) is 58.5 Å². The first-order valence-corrected chi connectivity index (χ1v) is 7.36. The number of esters is 1. The van der Waals surface area contributed by atoms with Gasteiger partial charge < -0.3 is 10.1 Å². The van der Waals surface area contributed by atoms with Crippen molar-refractivity contribution >= 4 is 5.97 Å². The van der Waals surface area contributed by atoms with Gasteiger partial charge in [0, 0.05) is 12.6 Å². The fourth-order valence-corrected chi connectivity index (χ4v) is 3.25. The largest absolute Gasteiger partial charge is 0.465 e. The van der Waals surface area contributed by atoms with Crippen molar-refractivity contribution < 1.29 is 9.53 Å². The topological polar surface area (TPSA) is 41.6 Å². The Bertz CT molecular complexity index is 277. The molecule has 2 aliphatic rings. The molecule has 1 N–H and O–H groups in total. The molecule has 2 rings (SSSR count). The molecule has 0 radical (unpaired) electrons. The summed E-state index contributed by atoms with van der Waals surface area (Å²) in [4.78, 5) is 14.1. The van der Waals surface area contributed by atoms with E-state index in [2.05, 4.69) is 10.2 Å². The van der Waals surface area contributed by atoms with Crippen LogP contribution < -0.4 is 5.32 Å². The van der Waals surface area contributed by atoms with Crippen molar-refractivity contribution in [3.63, 3.8) is 0 Å². The van der Waals surface area contributed by atoms with Crippen molar-refractivity contribution in [1.82, 2.24) is 10.2 Å². The molecule has 3 atom stereocenters. The van der Waals surface area contributed by atoms with Gasteiger partial charge in [0.25, 0.3) is 0 Å². The van der Waals surface area contributed by atoms with Gasteiger partial charge in [0.05, 0.1) is 6.61 Å². The molecule has 104 valence electrons. The lowest BCUT2D eigenvalue weighted by Gasteiger charge is -2.38. The number of nitrogens with zero attached hydrogens (tertiary/aromatic N) is 1. The van der Waals surface area contributed by atoms with E-state index in [9.17, 15) is 4.79 Å². The number of carbonyl (C=O) groups is 1. The van der Waals surface area contributed by atoms with E-state index < -0.39 is 0 Å². The second-order valence-corrected chi connectivity index (χ2v) is 5.53. The van der Waals surface area contributed by atoms with Crippen LogP contribution in [0.15, 0.2) is 0 Å². The van der Waals surface area contributed by atoms with E-state index in [1.165, 1.54) is 25.7 Å². The molecule has 0 aromatic heterocycles. The molecule has 2 heterocycles. The summed E-state index contributed by atoms with van der Waals surface area (Å²) in [5.41, 5.74) is 0. The zero-order valence-corrected chi connectivity index (χ0v) is 11.7. The third-order valence-corrected chi connectivity index (χ3v) is 4.33. The number of piperidine rings is 1. The predicted octanol–water partition coefficient (Wildman–Crippen LogP) is 1.40.